The molecular weight excluding hydrogens is 220 g/mol. The monoisotopic (exact) mass is 238 g/mol. The zero-order valence-corrected chi connectivity index (χ0v) is 11.0. The molecule has 0 bridgehead atoms. The number of benzene rings is 1. The topological polar surface area (TPSA) is 37.3 Å². The summed E-state index contributed by atoms with van der Waals surface area (Å²) in [4.78, 5) is 12.1. The Bertz CT molecular complexity index is 386. The lowest BCUT2D eigenvalue weighted by Crippen LogP contribution is -2.22. The smallest absolute Gasteiger partial charge is 0.317 e. The van der Waals surface area contributed by atoms with Gasteiger partial charge in [0.15, 0.2) is 0 Å². The molecule has 1 unspecified atom stereocenters. The van der Waals surface area contributed by atoms with Gasteiger partial charge in [0.25, 0.3) is 0 Å². The van der Waals surface area contributed by atoms with Crippen LogP contribution in [0.25, 0.3) is 0 Å². The molecule has 0 fully saturated rings. The highest BCUT2D eigenvalue weighted by atomic mass is 32.2. The Morgan fingerprint density at radius 1 is 1.25 bits per heavy atom. The highest BCUT2D eigenvalue weighted by molar-refractivity contribution is 8.00. The van der Waals surface area contributed by atoms with Crippen molar-refractivity contribution in [1.82, 2.24) is 0 Å². The van der Waals surface area contributed by atoms with E-state index in [0.29, 0.717) is 0 Å². The molecule has 0 spiro atoms. The normalized spacial score (nSPS) is 12.8. The Labute approximate surface area is 101 Å². The van der Waals surface area contributed by atoms with Crippen molar-refractivity contribution in [1.29, 1.82) is 0 Å². The SMILES string of the molecule is Cc1ccc(SC(C(=O)O)C(C)C)cc1C. The molecular formula is C13H18O2S. The average molecular weight is 238 g/mol. The van der Waals surface area contributed by atoms with Crippen LogP contribution in [0, 0.1) is 19.8 Å². The summed E-state index contributed by atoms with van der Waals surface area (Å²) in [5, 5.41) is 8.73. The molecule has 0 saturated heterocycles. The summed E-state index contributed by atoms with van der Waals surface area (Å²) in [6, 6.07) is 6.08. The zero-order valence-electron chi connectivity index (χ0n) is 10.2. The molecule has 16 heavy (non-hydrogen) atoms. The van der Waals surface area contributed by atoms with E-state index in [1.54, 1.807) is 0 Å². The third-order valence-corrected chi connectivity index (χ3v) is 4.12. The highest BCUT2D eigenvalue weighted by Crippen LogP contribution is 2.29. The lowest BCUT2D eigenvalue weighted by molar-refractivity contribution is -0.137. The Morgan fingerprint density at radius 3 is 2.31 bits per heavy atom. The standard InChI is InChI=1S/C13H18O2S/c1-8(2)12(13(14)15)16-11-6-5-9(3)10(4)7-11/h5-8,12H,1-4H3,(H,14,15). The lowest BCUT2D eigenvalue weighted by atomic mass is 10.1. The average Bonchev–Trinajstić information content (AvgIpc) is 2.18. The molecule has 1 aromatic carbocycles. The molecule has 1 aromatic rings. The van der Waals surface area contributed by atoms with Gasteiger partial charge >= 0.3 is 5.97 Å². The summed E-state index contributed by atoms with van der Waals surface area (Å²) < 4.78 is 0. The number of thioether (sulfide) groups is 1. The van der Waals surface area contributed by atoms with E-state index in [9.17, 15) is 4.79 Å². The van der Waals surface area contributed by atoms with Gasteiger partial charge in [-0.1, -0.05) is 19.9 Å². The summed E-state index contributed by atoms with van der Waals surface area (Å²) in [7, 11) is 0. The van der Waals surface area contributed by atoms with Gasteiger partial charge in [-0.25, -0.2) is 0 Å². The molecule has 2 nitrogen and oxygen atoms in total. The summed E-state index contributed by atoms with van der Waals surface area (Å²) in [5.74, 6) is -0.609. The van der Waals surface area contributed by atoms with Crippen molar-refractivity contribution >= 4 is 17.7 Å². The van der Waals surface area contributed by atoms with Crippen LogP contribution in [0.4, 0.5) is 0 Å². The number of hydrogen-bond donors (Lipinski definition) is 1. The van der Waals surface area contributed by atoms with Gasteiger partial charge in [0.1, 0.15) is 5.25 Å². The number of aliphatic carboxylic acids is 1. The fourth-order valence-corrected chi connectivity index (χ4v) is 2.46. The van der Waals surface area contributed by atoms with E-state index in [-0.39, 0.29) is 11.2 Å². The van der Waals surface area contributed by atoms with Crippen molar-refractivity contribution < 1.29 is 9.90 Å². The van der Waals surface area contributed by atoms with Crippen LogP contribution in [0.3, 0.4) is 0 Å². The summed E-state index contributed by atoms with van der Waals surface area (Å²) in [6.07, 6.45) is 0. The van der Waals surface area contributed by atoms with E-state index in [4.69, 9.17) is 5.11 Å². The van der Waals surface area contributed by atoms with Gasteiger partial charge in [0.2, 0.25) is 0 Å². The van der Waals surface area contributed by atoms with E-state index in [0.717, 1.165) is 4.90 Å². The van der Waals surface area contributed by atoms with Gasteiger partial charge < -0.3 is 5.11 Å². The van der Waals surface area contributed by atoms with E-state index in [1.807, 2.05) is 32.9 Å². The van der Waals surface area contributed by atoms with Crippen LogP contribution >= 0.6 is 11.8 Å². The molecule has 1 N–H and O–H groups in total. The predicted molar refractivity (Wildman–Crippen MR) is 68.0 cm³/mol. The molecule has 0 amide bonds. The van der Waals surface area contributed by atoms with Crippen molar-refractivity contribution in [2.75, 3.05) is 0 Å². The van der Waals surface area contributed by atoms with Crippen molar-refractivity contribution in [3.8, 4) is 0 Å². The van der Waals surface area contributed by atoms with E-state index < -0.39 is 5.97 Å². The molecule has 1 atom stereocenters. The molecule has 88 valence electrons. The van der Waals surface area contributed by atoms with E-state index >= 15 is 0 Å². The van der Waals surface area contributed by atoms with Crippen LogP contribution in [-0.2, 0) is 4.79 Å². The Kier molecular flexibility index (Phi) is 4.42. The van der Waals surface area contributed by atoms with Crippen molar-refractivity contribution in [2.45, 2.75) is 37.8 Å². The molecule has 1 rings (SSSR count). The molecule has 0 radical (unpaired) electrons. The van der Waals surface area contributed by atoms with Crippen LogP contribution in [-0.4, -0.2) is 16.3 Å². The lowest BCUT2D eigenvalue weighted by Gasteiger charge is -2.16. The van der Waals surface area contributed by atoms with Crippen molar-refractivity contribution in [3.63, 3.8) is 0 Å². The molecule has 0 saturated carbocycles. The molecule has 0 heterocycles. The zero-order chi connectivity index (χ0) is 12.3. The maximum Gasteiger partial charge on any atom is 0.317 e. The molecule has 0 aromatic heterocycles. The molecule has 3 heteroatoms. The largest absolute Gasteiger partial charge is 0.480 e. The van der Waals surface area contributed by atoms with Crippen molar-refractivity contribution in [3.05, 3.63) is 29.3 Å². The molecule has 0 aliphatic heterocycles. The summed E-state index contributed by atoms with van der Waals surface area (Å²) >= 11 is 1.43. The minimum atomic E-state index is -0.738. The number of hydrogen-bond acceptors (Lipinski definition) is 2. The van der Waals surface area contributed by atoms with Gasteiger partial charge in [-0.15, -0.1) is 11.8 Å². The van der Waals surface area contributed by atoms with Gasteiger partial charge in [-0.05, 0) is 43.0 Å². The maximum atomic E-state index is 11.1. The second-order valence-corrected chi connectivity index (χ2v) is 5.58. The Balaban J connectivity index is 2.86. The Hall–Kier alpha value is -0.960. The van der Waals surface area contributed by atoms with Crippen LogP contribution in [0.5, 0.6) is 0 Å². The first-order valence-corrected chi connectivity index (χ1v) is 6.26. The number of rotatable bonds is 4. The highest BCUT2D eigenvalue weighted by Gasteiger charge is 2.22. The summed E-state index contributed by atoms with van der Waals surface area (Å²) in [6.45, 7) is 7.98. The third-order valence-electron chi connectivity index (χ3n) is 2.59. The number of carboxylic acids is 1. The second-order valence-electron chi connectivity index (χ2n) is 4.37. The van der Waals surface area contributed by atoms with Gasteiger partial charge in [0.05, 0.1) is 0 Å². The molecule has 0 aliphatic carbocycles. The fourth-order valence-electron chi connectivity index (χ4n) is 1.41. The quantitative estimate of drug-likeness (QED) is 0.816. The van der Waals surface area contributed by atoms with Crippen molar-refractivity contribution in [2.24, 2.45) is 5.92 Å². The number of aryl methyl sites for hydroxylation is 2. The fraction of sp³-hybridized carbons (Fsp3) is 0.462. The number of carbonyl (C=O) groups is 1. The van der Waals surface area contributed by atoms with Crippen LogP contribution in [0.1, 0.15) is 25.0 Å². The minimum absolute atomic E-state index is 0.129. The Morgan fingerprint density at radius 2 is 1.88 bits per heavy atom. The first-order valence-electron chi connectivity index (χ1n) is 5.38. The van der Waals surface area contributed by atoms with Crippen LogP contribution in [0.15, 0.2) is 23.1 Å². The van der Waals surface area contributed by atoms with Crippen LogP contribution in [0.2, 0.25) is 0 Å². The third kappa shape index (κ3) is 3.27. The van der Waals surface area contributed by atoms with Gasteiger partial charge in [-0.2, -0.15) is 0 Å². The number of carboxylic acid groups (broad SMARTS) is 1. The van der Waals surface area contributed by atoms with E-state index in [2.05, 4.69) is 13.0 Å². The van der Waals surface area contributed by atoms with Gasteiger partial charge in [0, 0.05) is 4.90 Å². The minimum Gasteiger partial charge on any atom is -0.480 e. The summed E-state index contributed by atoms with van der Waals surface area (Å²) in [5.41, 5.74) is 2.44. The second kappa shape index (κ2) is 5.39. The van der Waals surface area contributed by atoms with Crippen LogP contribution < -0.4 is 0 Å². The molecule has 0 aliphatic rings. The first-order chi connectivity index (χ1) is 7.41. The van der Waals surface area contributed by atoms with E-state index in [1.165, 1.54) is 22.9 Å². The van der Waals surface area contributed by atoms with Gasteiger partial charge in [-0.3, -0.25) is 4.79 Å². The predicted octanol–water partition coefficient (Wildman–Crippen LogP) is 3.50. The first kappa shape index (κ1) is 13.1. The maximum absolute atomic E-state index is 11.1.